The lowest BCUT2D eigenvalue weighted by atomic mass is 10.0. The largest absolute Gasteiger partial charge is 0.379 e. The van der Waals surface area contributed by atoms with Crippen LogP contribution in [0.25, 0.3) is 6.08 Å². The first kappa shape index (κ1) is 17.6. The van der Waals surface area contributed by atoms with Crippen molar-refractivity contribution in [3.05, 3.63) is 40.3 Å². The summed E-state index contributed by atoms with van der Waals surface area (Å²) in [6.07, 6.45) is 1.93. The number of thiocarbonyl (C=S) groups is 1. The van der Waals surface area contributed by atoms with Crippen molar-refractivity contribution in [2.75, 3.05) is 33.0 Å². The normalized spacial score (nSPS) is 21.3. The van der Waals surface area contributed by atoms with Crippen LogP contribution in [0.3, 0.4) is 0 Å². The first-order chi connectivity index (χ1) is 11.5. The third kappa shape index (κ3) is 4.06. The van der Waals surface area contributed by atoms with Crippen LogP contribution in [0.4, 0.5) is 0 Å². The van der Waals surface area contributed by atoms with E-state index in [1.165, 1.54) is 17.3 Å². The van der Waals surface area contributed by atoms with Gasteiger partial charge in [0, 0.05) is 13.1 Å². The second-order valence-corrected chi connectivity index (χ2v) is 7.98. The van der Waals surface area contributed by atoms with Crippen LogP contribution in [0.1, 0.15) is 30.9 Å². The molecular formula is C18H22N2O2S2. The minimum absolute atomic E-state index is 0.00410. The standard InChI is InChI=1S/C18H22N2O2S2/c1-13(2)15-5-3-14(4-6-15)11-16-17(21)20(18(23)24-16)12-19-7-9-22-10-8-19/h3-6,11,13H,7-10,12H2,1-2H3. The maximum absolute atomic E-state index is 12.7. The summed E-state index contributed by atoms with van der Waals surface area (Å²) in [6, 6.07) is 8.35. The summed E-state index contributed by atoms with van der Waals surface area (Å²) in [5.41, 5.74) is 2.33. The molecule has 0 unspecified atom stereocenters. The number of carbonyl (C=O) groups is 1. The van der Waals surface area contributed by atoms with E-state index in [0.717, 1.165) is 18.7 Å². The number of amides is 1. The van der Waals surface area contributed by atoms with Crippen molar-refractivity contribution >= 4 is 40.3 Å². The zero-order valence-corrected chi connectivity index (χ0v) is 15.7. The summed E-state index contributed by atoms with van der Waals surface area (Å²) >= 11 is 6.79. The lowest BCUT2D eigenvalue weighted by molar-refractivity contribution is -0.124. The number of rotatable bonds is 4. The van der Waals surface area contributed by atoms with Gasteiger partial charge in [0.1, 0.15) is 4.32 Å². The predicted octanol–water partition coefficient (Wildman–Crippen LogP) is 3.30. The Bertz CT molecular complexity index is 649. The lowest BCUT2D eigenvalue weighted by Crippen LogP contribution is -2.45. The van der Waals surface area contributed by atoms with Gasteiger partial charge in [-0.05, 0) is 23.1 Å². The van der Waals surface area contributed by atoms with Crippen LogP contribution in [0.2, 0.25) is 0 Å². The summed E-state index contributed by atoms with van der Waals surface area (Å²) in [6.45, 7) is 8.01. The minimum atomic E-state index is 0.00410. The molecule has 0 spiro atoms. The van der Waals surface area contributed by atoms with Crippen LogP contribution in [-0.2, 0) is 9.53 Å². The Morgan fingerprint density at radius 3 is 2.54 bits per heavy atom. The quantitative estimate of drug-likeness (QED) is 0.606. The number of morpholine rings is 1. The van der Waals surface area contributed by atoms with Gasteiger partial charge in [-0.2, -0.15) is 0 Å². The molecule has 0 atom stereocenters. The molecular weight excluding hydrogens is 340 g/mol. The molecule has 24 heavy (non-hydrogen) atoms. The number of ether oxygens (including phenoxy) is 1. The van der Waals surface area contributed by atoms with Crippen molar-refractivity contribution in [2.45, 2.75) is 19.8 Å². The molecule has 2 heterocycles. The number of benzene rings is 1. The molecule has 0 saturated carbocycles. The van der Waals surface area contributed by atoms with E-state index in [4.69, 9.17) is 17.0 Å². The van der Waals surface area contributed by atoms with E-state index in [-0.39, 0.29) is 5.91 Å². The van der Waals surface area contributed by atoms with Gasteiger partial charge in [-0.15, -0.1) is 0 Å². The topological polar surface area (TPSA) is 32.8 Å². The van der Waals surface area contributed by atoms with E-state index in [2.05, 4.69) is 43.0 Å². The molecule has 0 aromatic heterocycles. The Morgan fingerprint density at radius 2 is 1.92 bits per heavy atom. The Kier molecular flexibility index (Phi) is 5.71. The van der Waals surface area contributed by atoms with E-state index in [1.54, 1.807) is 4.90 Å². The maximum atomic E-state index is 12.7. The highest BCUT2D eigenvalue weighted by Crippen LogP contribution is 2.32. The molecule has 0 bridgehead atoms. The summed E-state index contributed by atoms with van der Waals surface area (Å²) in [5, 5.41) is 0. The molecule has 6 heteroatoms. The summed E-state index contributed by atoms with van der Waals surface area (Å²) < 4.78 is 5.99. The Labute approximate surface area is 152 Å². The first-order valence-corrected chi connectivity index (χ1v) is 9.42. The van der Waals surface area contributed by atoms with Gasteiger partial charge in [0.2, 0.25) is 0 Å². The highest BCUT2D eigenvalue weighted by Gasteiger charge is 2.33. The van der Waals surface area contributed by atoms with E-state index in [9.17, 15) is 4.79 Å². The zero-order chi connectivity index (χ0) is 17.1. The van der Waals surface area contributed by atoms with Crippen molar-refractivity contribution in [1.82, 2.24) is 9.80 Å². The van der Waals surface area contributed by atoms with E-state index in [1.807, 2.05) is 6.08 Å². The fraction of sp³-hybridized carbons (Fsp3) is 0.444. The molecule has 4 nitrogen and oxygen atoms in total. The van der Waals surface area contributed by atoms with Crippen LogP contribution in [0.5, 0.6) is 0 Å². The van der Waals surface area contributed by atoms with Crippen LogP contribution >= 0.6 is 24.0 Å². The van der Waals surface area contributed by atoms with E-state index in [0.29, 0.717) is 35.0 Å². The average molecular weight is 363 g/mol. The predicted molar refractivity (Wildman–Crippen MR) is 103 cm³/mol. The number of nitrogens with zero attached hydrogens (tertiary/aromatic N) is 2. The number of thioether (sulfide) groups is 1. The lowest BCUT2D eigenvalue weighted by Gasteiger charge is -2.29. The Hall–Kier alpha value is -1.21. The molecule has 3 rings (SSSR count). The highest BCUT2D eigenvalue weighted by molar-refractivity contribution is 8.26. The Morgan fingerprint density at radius 1 is 1.25 bits per heavy atom. The smallest absolute Gasteiger partial charge is 0.267 e. The van der Waals surface area contributed by atoms with Gasteiger partial charge in [-0.3, -0.25) is 14.6 Å². The number of carbonyl (C=O) groups excluding carboxylic acids is 1. The van der Waals surface area contributed by atoms with Crippen molar-refractivity contribution in [3.63, 3.8) is 0 Å². The fourth-order valence-electron chi connectivity index (χ4n) is 2.69. The minimum Gasteiger partial charge on any atom is -0.379 e. The second kappa shape index (κ2) is 7.78. The molecule has 0 N–H and O–H groups in total. The van der Waals surface area contributed by atoms with Gasteiger partial charge in [0.15, 0.2) is 0 Å². The van der Waals surface area contributed by atoms with Gasteiger partial charge in [-0.1, -0.05) is 62.1 Å². The van der Waals surface area contributed by atoms with E-state index >= 15 is 0 Å². The van der Waals surface area contributed by atoms with Gasteiger partial charge >= 0.3 is 0 Å². The molecule has 1 aromatic rings. The summed E-state index contributed by atoms with van der Waals surface area (Å²) in [5.74, 6) is 0.509. The van der Waals surface area contributed by atoms with Gasteiger partial charge in [-0.25, -0.2) is 0 Å². The monoisotopic (exact) mass is 362 g/mol. The molecule has 2 saturated heterocycles. The molecule has 0 aliphatic carbocycles. The molecule has 2 fully saturated rings. The first-order valence-electron chi connectivity index (χ1n) is 8.20. The summed E-state index contributed by atoms with van der Waals surface area (Å²) in [4.78, 5) is 17.3. The number of hydrogen-bond acceptors (Lipinski definition) is 5. The Balaban J connectivity index is 1.70. The molecule has 0 radical (unpaired) electrons. The van der Waals surface area contributed by atoms with Crippen LogP contribution in [0.15, 0.2) is 29.2 Å². The SMILES string of the molecule is CC(C)c1ccc(C=C2SC(=S)N(CN3CCOCC3)C2=O)cc1. The van der Waals surface area contributed by atoms with Crippen molar-refractivity contribution < 1.29 is 9.53 Å². The van der Waals surface area contributed by atoms with Crippen LogP contribution in [-0.4, -0.2) is 53.0 Å². The third-order valence-electron chi connectivity index (χ3n) is 4.22. The summed E-state index contributed by atoms with van der Waals surface area (Å²) in [7, 11) is 0. The molecule has 2 aliphatic heterocycles. The van der Waals surface area contributed by atoms with Crippen molar-refractivity contribution in [1.29, 1.82) is 0 Å². The highest BCUT2D eigenvalue weighted by atomic mass is 32.2. The van der Waals surface area contributed by atoms with Gasteiger partial charge < -0.3 is 4.74 Å². The average Bonchev–Trinajstić information content (AvgIpc) is 2.84. The fourth-order valence-corrected chi connectivity index (χ4v) is 3.93. The van der Waals surface area contributed by atoms with E-state index < -0.39 is 0 Å². The van der Waals surface area contributed by atoms with Crippen molar-refractivity contribution in [3.8, 4) is 0 Å². The third-order valence-corrected chi connectivity index (χ3v) is 5.60. The van der Waals surface area contributed by atoms with Gasteiger partial charge in [0.05, 0.1) is 24.8 Å². The van der Waals surface area contributed by atoms with Crippen LogP contribution in [0, 0.1) is 0 Å². The van der Waals surface area contributed by atoms with Crippen LogP contribution < -0.4 is 0 Å². The van der Waals surface area contributed by atoms with Crippen molar-refractivity contribution in [2.24, 2.45) is 0 Å². The number of hydrogen-bond donors (Lipinski definition) is 0. The molecule has 1 aromatic carbocycles. The maximum Gasteiger partial charge on any atom is 0.267 e. The molecule has 128 valence electrons. The van der Waals surface area contributed by atoms with Gasteiger partial charge in [0.25, 0.3) is 5.91 Å². The zero-order valence-electron chi connectivity index (χ0n) is 14.0. The molecule has 2 aliphatic rings. The second-order valence-electron chi connectivity index (χ2n) is 6.30. The molecule has 1 amide bonds.